The Morgan fingerprint density at radius 2 is 2.03 bits per heavy atom. The van der Waals surface area contributed by atoms with Gasteiger partial charge in [0.2, 0.25) is 5.91 Å². The molecule has 10 heteroatoms. The Kier molecular flexibility index (Phi) is 5.07. The highest BCUT2D eigenvalue weighted by Gasteiger charge is 2.56. The van der Waals surface area contributed by atoms with Crippen molar-refractivity contribution in [2.45, 2.75) is 51.9 Å². The van der Waals surface area contributed by atoms with Crippen LogP contribution in [0, 0.1) is 12.8 Å². The molecule has 0 unspecified atom stereocenters. The summed E-state index contributed by atoms with van der Waals surface area (Å²) in [6.45, 7) is 3.32. The molecule has 1 amide bonds. The Morgan fingerprint density at radius 3 is 2.76 bits per heavy atom. The Balaban J connectivity index is 1.40. The third kappa shape index (κ3) is 3.92. The molecular weight excluding hydrogens is 426 g/mol. The number of piperidine rings is 1. The second-order valence-electron chi connectivity index (χ2n) is 8.60. The number of benzene rings is 1. The van der Waals surface area contributed by atoms with Crippen molar-refractivity contribution >= 4 is 28.6 Å². The van der Waals surface area contributed by atoms with E-state index < -0.39 is 12.0 Å². The zero-order chi connectivity index (χ0) is 23.3. The van der Waals surface area contributed by atoms with Gasteiger partial charge in [0.05, 0.1) is 5.52 Å². The Labute approximate surface area is 189 Å². The number of nitrogens with zero attached hydrogens (tertiary/aromatic N) is 5. The topological polar surface area (TPSA) is 128 Å². The number of hydrogen-bond acceptors (Lipinski definition) is 7. The molecule has 3 heterocycles. The molecule has 1 aliphatic heterocycles. The average Bonchev–Trinajstić information content (AvgIpc) is 3.28. The lowest BCUT2D eigenvalue weighted by Crippen LogP contribution is -2.44. The lowest BCUT2D eigenvalue weighted by Gasteiger charge is -2.24. The molecule has 1 aliphatic carbocycles. The molecule has 0 spiro atoms. The summed E-state index contributed by atoms with van der Waals surface area (Å²) in [7, 11) is 0. The van der Waals surface area contributed by atoms with E-state index in [4.69, 9.17) is 4.74 Å². The van der Waals surface area contributed by atoms with Gasteiger partial charge in [0.25, 0.3) is 0 Å². The van der Waals surface area contributed by atoms with Crippen molar-refractivity contribution in [3.8, 4) is 5.75 Å². The maximum Gasteiger partial charge on any atom is 0.326 e. The number of hydrogen-bond donors (Lipinski definition) is 1. The second-order valence-corrected chi connectivity index (χ2v) is 8.60. The van der Waals surface area contributed by atoms with Crippen molar-refractivity contribution in [1.29, 1.82) is 0 Å². The van der Waals surface area contributed by atoms with Crippen LogP contribution in [0.25, 0.3) is 10.9 Å². The maximum atomic E-state index is 13.0. The normalized spacial score (nSPS) is 21.2. The van der Waals surface area contributed by atoms with Gasteiger partial charge in [0.1, 0.15) is 30.6 Å². The number of ketones is 1. The van der Waals surface area contributed by atoms with E-state index in [-0.39, 0.29) is 42.5 Å². The molecule has 0 radical (unpaired) electrons. The molecule has 2 aromatic heterocycles. The van der Waals surface area contributed by atoms with Gasteiger partial charge in [-0.2, -0.15) is 5.10 Å². The zero-order valence-corrected chi connectivity index (χ0v) is 18.3. The number of ether oxygens (including phenoxy) is 1. The molecule has 1 saturated carbocycles. The van der Waals surface area contributed by atoms with E-state index in [9.17, 15) is 19.5 Å². The van der Waals surface area contributed by atoms with Crippen LogP contribution in [-0.2, 0) is 22.7 Å². The number of Topliss-reactive ketones (excluding diaryl/α,β-unsaturated/α-hetero) is 1. The molecule has 3 atom stereocenters. The van der Waals surface area contributed by atoms with E-state index >= 15 is 0 Å². The predicted octanol–water partition coefficient (Wildman–Crippen LogP) is 1.99. The number of carboxylic acid groups (broad SMARTS) is 1. The second kappa shape index (κ2) is 7.95. The first kappa shape index (κ1) is 21.0. The standard InChI is InChI=1S/C23H23N5O5/c1-12-5-6-24-20(25-12)11-33-15-3-4-17-16(9-15)22(13(2)29)26-27(17)10-21(30)28-18-7-14(18)8-19(28)23(31)32/h3-6,9,14,18-19H,7-8,10-11H2,1-2H3,(H,31,32)/t14-,18-,19+/m1/s1. The van der Waals surface area contributed by atoms with Crippen molar-refractivity contribution < 1.29 is 24.2 Å². The van der Waals surface area contributed by atoms with Gasteiger partial charge in [-0.15, -0.1) is 0 Å². The van der Waals surface area contributed by atoms with E-state index in [1.165, 1.54) is 16.5 Å². The maximum absolute atomic E-state index is 13.0. The quantitative estimate of drug-likeness (QED) is 0.543. The average molecular weight is 449 g/mol. The molecule has 2 aliphatic rings. The fraction of sp³-hybridized carbons (Fsp3) is 0.391. The van der Waals surface area contributed by atoms with E-state index in [1.807, 2.05) is 6.92 Å². The van der Waals surface area contributed by atoms with E-state index in [0.29, 0.717) is 28.9 Å². The summed E-state index contributed by atoms with van der Waals surface area (Å²) in [5.74, 6) is -0.188. The fourth-order valence-electron chi connectivity index (χ4n) is 4.59. The lowest BCUT2D eigenvalue weighted by atomic mass is 10.1. The third-order valence-corrected chi connectivity index (χ3v) is 6.23. The summed E-state index contributed by atoms with van der Waals surface area (Å²) in [4.78, 5) is 46.8. The van der Waals surface area contributed by atoms with E-state index in [0.717, 1.165) is 12.1 Å². The summed E-state index contributed by atoms with van der Waals surface area (Å²) in [5, 5.41) is 14.4. The number of carbonyl (C=O) groups excluding carboxylic acids is 2. The number of aryl methyl sites for hydroxylation is 1. The molecule has 10 nitrogen and oxygen atoms in total. The van der Waals surface area contributed by atoms with Gasteiger partial charge in [-0.25, -0.2) is 14.8 Å². The number of carbonyl (C=O) groups is 3. The van der Waals surface area contributed by atoms with Gasteiger partial charge in [-0.05, 0) is 49.9 Å². The van der Waals surface area contributed by atoms with Crippen molar-refractivity contribution in [2.75, 3.05) is 0 Å². The minimum Gasteiger partial charge on any atom is -0.486 e. The predicted molar refractivity (Wildman–Crippen MR) is 116 cm³/mol. The third-order valence-electron chi connectivity index (χ3n) is 6.23. The molecule has 1 saturated heterocycles. The first-order chi connectivity index (χ1) is 15.8. The summed E-state index contributed by atoms with van der Waals surface area (Å²) in [5.41, 5.74) is 1.67. The van der Waals surface area contributed by atoms with Gasteiger partial charge < -0.3 is 14.7 Å². The Bertz CT molecular complexity index is 1290. The largest absolute Gasteiger partial charge is 0.486 e. The van der Waals surface area contributed by atoms with Crippen LogP contribution in [0.1, 0.15) is 41.8 Å². The van der Waals surface area contributed by atoms with Crippen molar-refractivity contribution in [3.05, 3.63) is 47.7 Å². The molecular formula is C23H23N5O5. The van der Waals surface area contributed by atoms with Crippen LogP contribution in [0.15, 0.2) is 30.5 Å². The Morgan fingerprint density at radius 1 is 1.21 bits per heavy atom. The van der Waals surface area contributed by atoms with Crippen molar-refractivity contribution in [2.24, 2.45) is 5.92 Å². The molecule has 5 rings (SSSR count). The number of fused-ring (bicyclic) bond motifs is 2. The molecule has 1 N–H and O–H groups in total. The highest BCUT2D eigenvalue weighted by molar-refractivity contribution is 6.05. The molecule has 2 fully saturated rings. The number of aliphatic carboxylic acids is 1. The summed E-state index contributed by atoms with van der Waals surface area (Å²) in [6, 6.07) is 6.19. The SMILES string of the molecule is CC(=O)c1nn(CC(=O)N2[C@@H]3C[C@@H]3C[C@H]2C(=O)O)c2ccc(OCc3nccc(C)n3)cc12. The van der Waals surface area contributed by atoms with Crippen LogP contribution in [0.2, 0.25) is 0 Å². The minimum absolute atomic E-state index is 0.00320. The van der Waals surface area contributed by atoms with Crippen LogP contribution in [0.3, 0.4) is 0 Å². The van der Waals surface area contributed by atoms with Crippen LogP contribution >= 0.6 is 0 Å². The van der Waals surface area contributed by atoms with Gasteiger partial charge in [-0.1, -0.05) is 0 Å². The summed E-state index contributed by atoms with van der Waals surface area (Å²) in [6.07, 6.45) is 3.01. The number of aromatic nitrogens is 4. The fourth-order valence-corrected chi connectivity index (χ4v) is 4.59. The summed E-state index contributed by atoms with van der Waals surface area (Å²) < 4.78 is 7.28. The van der Waals surface area contributed by atoms with Crippen molar-refractivity contribution in [1.82, 2.24) is 24.6 Å². The van der Waals surface area contributed by atoms with Gasteiger partial charge in [0.15, 0.2) is 11.6 Å². The molecule has 0 bridgehead atoms. The minimum atomic E-state index is -0.982. The molecule has 170 valence electrons. The zero-order valence-electron chi connectivity index (χ0n) is 18.3. The van der Waals surface area contributed by atoms with E-state index in [2.05, 4.69) is 15.1 Å². The number of likely N-dealkylation sites (tertiary alicyclic amines) is 1. The first-order valence-corrected chi connectivity index (χ1v) is 10.8. The van der Waals surface area contributed by atoms with E-state index in [1.54, 1.807) is 30.5 Å². The molecule has 3 aromatic rings. The number of carboxylic acids is 1. The van der Waals surface area contributed by atoms with Crippen LogP contribution in [0.5, 0.6) is 5.75 Å². The number of amides is 1. The number of rotatable bonds is 7. The van der Waals surface area contributed by atoms with Gasteiger partial charge >= 0.3 is 5.97 Å². The van der Waals surface area contributed by atoms with Crippen LogP contribution in [-0.4, -0.2) is 59.5 Å². The monoisotopic (exact) mass is 449 g/mol. The van der Waals surface area contributed by atoms with Gasteiger partial charge in [-0.3, -0.25) is 14.3 Å². The molecule has 1 aromatic carbocycles. The van der Waals surface area contributed by atoms with Gasteiger partial charge in [0, 0.05) is 30.2 Å². The molecule has 33 heavy (non-hydrogen) atoms. The highest BCUT2D eigenvalue weighted by atomic mass is 16.5. The highest BCUT2D eigenvalue weighted by Crippen LogP contribution is 2.48. The lowest BCUT2D eigenvalue weighted by molar-refractivity contribution is -0.149. The smallest absolute Gasteiger partial charge is 0.326 e. The summed E-state index contributed by atoms with van der Waals surface area (Å²) >= 11 is 0. The van der Waals surface area contributed by atoms with Crippen LogP contribution < -0.4 is 4.74 Å². The Hall–Kier alpha value is -3.82. The first-order valence-electron chi connectivity index (χ1n) is 10.8. The van der Waals surface area contributed by atoms with Crippen LogP contribution in [0.4, 0.5) is 0 Å². The van der Waals surface area contributed by atoms with Crippen molar-refractivity contribution in [3.63, 3.8) is 0 Å².